The average Bonchev–Trinajstić information content (AvgIpc) is 3.07. The topological polar surface area (TPSA) is 64.3 Å². The van der Waals surface area contributed by atoms with Crippen molar-refractivity contribution in [3.63, 3.8) is 0 Å². The van der Waals surface area contributed by atoms with Crippen molar-refractivity contribution < 1.29 is 9.18 Å². The molecule has 2 N–H and O–H groups in total. The maximum Gasteiger partial charge on any atom is 0.238 e. The summed E-state index contributed by atoms with van der Waals surface area (Å²) in [7, 11) is 2.10. The van der Waals surface area contributed by atoms with Gasteiger partial charge in [0, 0.05) is 38.3 Å². The van der Waals surface area contributed by atoms with Gasteiger partial charge in [-0.2, -0.15) is 0 Å². The van der Waals surface area contributed by atoms with E-state index in [1.165, 1.54) is 12.1 Å². The van der Waals surface area contributed by atoms with Crippen LogP contribution in [0.15, 0.2) is 42.5 Å². The molecule has 1 amide bonds. The Kier molecular flexibility index (Phi) is 5.36. The maximum absolute atomic E-state index is 13.0. The summed E-state index contributed by atoms with van der Waals surface area (Å²) in [4.78, 5) is 24.7. The van der Waals surface area contributed by atoms with Gasteiger partial charge in [-0.05, 0) is 42.9 Å². The number of rotatable bonds is 5. The second kappa shape index (κ2) is 8.08. The standard InChI is InChI=1S/C21H24FN5O/c1-26-8-10-27(11-9-26)14-21(28)23-17-6-7-18-19(13-17)25-20(24-18)12-15-2-4-16(22)5-3-15/h2-7,13H,8-12,14H2,1H3,(H,23,28)(H,24,25). The van der Waals surface area contributed by atoms with E-state index in [1.807, 2.05) is 18.2 Å². The summed E-state index contributed by atoms with van der Waals surface area (Å²) in [6.07, 6.45) is 0.597. The van der Waals surface area contributed by atoms with Gasteiger partial charge >= 0.3 is 0 Å². The lowest BCUT2D eigenvalue weighted by Crippen LogP contribution is -2.47. The van der Waals surface area contributed by atoms with Crippen LogP contribution in [0.4, 0.5) is 10.1 Å². The molecule has 2 aromatic carbocycles. The van der Waals surface area contributed by atoms with Gasteiger partial charge in [-0.15, -0.1) is 0 Å². The van der Waals surface area contributed by atoms with Crippen molar-refractivity contribution in [2.75, 3.05) is 45.1 Å². The van der Waals surface area contributed by atoms with Crippen LogP contribution >= 0.6 is 0 Å². The number of amides is 1. The smallest absolute Gasteiger partial charge is 0.238 e. The van der Waals surface area contributed by atoms with Gasteiger partial charge in [0.1, 0.15) is 11.6 Å². The molecule has 3 aromatic rings. The maximum atomic E-state index is 13.0. The molecular formula is C21H24FN5O. The van der Waals surface area contributed by atoms with Gasteiger partial charge in [-0.3, -0.25) is 9.69 Å². The molecule has 0 radical (unpaired) electrons. The molecule has 0 saturated carbocycles. The predicted molar refractivity (Wildman–Crippen MR) is 108 cm³/mol. The number of H-pyrrole nitrogens is 1. The number of piperazine rings is 1. The third-order valence-electron chi connectivity index (χ3n) is 5.06. The van der Waals surface area contributed by atoms with Crippen molar-refractivity contribution in [3.05, 3.63) is 59.7 Å². The number of benzene rings is 2. The lowest BCUT2D eigenvalue weighted by molar-refractivity contribution is -0.117. The zero-order valence-electron chi connectivity index (χ0n) is 15.9. The molecule has 0 aliphatic carbocycles. The summed E-state index contributed by atoms with van der Waals surface area (Å²) in [6, 6.07) is 12.1. The van der Waals surface area contributed by atoms with E-state index in [9.17, 15) is 9.18 Å². The average molecular weight is 381 g/mol. The van der Waals surface area contributed by atoms with Crippen LogP contribution in [0.5, 0.6) is 0 Å². The molecule has 1 fully saturated rings. The van der Waals surface area contributed by atoms with Crippen LogP contribution in [0, 0.1) is 5.82 Å². The summed E-state index contributed by atoms with van der Waals surface area (Å²) in [5, 5.41) is 2.97. The van der Waals surface area contributed by atoms with Gasteiger partial charge in [0.25, 0.3) is 0 Å². The van der Waals surface area contributed by atoms with E-state index in [4.69, 9.17) is 0 Å². The van der Waals surface area contributed by atoms with Crippen LogP contribution in [-0.2, 0) is 11.2 Å². The minimum atomic E-state index is -0.245. The first-order valence-electron chi connectivity index (χ1n) is 9.49. The summed E-state index contributed by atoms with van der Waals surface area (Å²) >= 11 is 0. The minimum Gasteiger partial charge on any atom is -0.342 e. The van der Waals surface area contributed by atoms with Gasteiger partial charge in [0.2, 0.25) is 5.91 Å². The number of fused-ring (bicyclic) bond motifs is 1. The summed E-state index contributed by atoms with van der Waals surface area (Å²) in [6.45, 7) is 4.21. The third-order valence-corrected chi connectivity index (χ3v) is 5.06. The Morgan fingerprint density at radius 1 is 1.14 bits per heavy atom. The summed E-state index contributed by atoms with van der Waals surface area (Å²) < 4.78 is 13.0. The Labute approximate surface area is 163 Å². The van der Waals surface area contributed by atoms with Crippen molar-refractivity contribution in [1.82, 2.24) is 19.8 Å². The highest BCUT2D eigenvalue weighted by Gasteiger charge is 2.16. The molecule has 0 unspecified atom stereocenters. The van der Waals surface area contributed by atoms with Crippen LogP contribution in [0.1, 0.15) is 11.4 Å². The lowest BCUT2D eigenvalue weighted by Gasteiger charge is -2.31. The normalized spacial score (nSPS) is 15.8. The fraction of sp³-hybridized carbons (Fsp3) is 0.333. The van der Waals surface area contributed by atoms with Gasteiger partial charge in [0.05, 0.1) is 17.6 Å². The second-order valence-corrected chi connectivity index (χ2v) is 7.35. The van der Waals surface area contributed by atoms with E-state index in [2.05, 4.69) is 32.1 Å². The number of hydrogen-bond donors (Lipinski definition) is 2. The zero-order chi connectivity index (χ0) is 19.5. The van der Waals surface area contributed by atoms with E-state index in [-0.39, 0.29) is 11.7 Å². The summed E-state index contributed by atoms with van der Waals surface area (Å²) in [5.74, 6) is 0.558. The number of carbonyl (C=O) groups is 1. The van der Waals surface area contributed by atoms with E-state index in [1.54, 1.807) is 12.1 Å². The van der Waals surface area contributed by atoms with E-state index < -0.39 is 0 Å². The molecule has 146 valence electrons. The lowest BCUT2D eigenvalue weighted by atomic mass is 10.1. The van der Waals surface area contributed by atoms with E-state index in [0.29, 0.717) is 13.0 Å². The second-order valence-electron chi connectivity index (χ2n) is 7.35. The Balaban J connectivity index is 1.40. The number of aromatic amines is 1. The van der Waals surface area contributed by atoms with Crippen molar-refractivity contribution in [2.45, 2.75) is 6.42 Å². The molecule has 1 aliphatic rings. The van der Waals surface area contributed by atoms with Gasteiger partial charge in [-0.25, -0.2) is 9.37 Å². The van der Waals surface area contributed by atoms with Crippen molar-refractivity contribution >= 4 is 22.6 Å². The number of nitrogens with one attached hydrogen (secondary N) is 2. The number of likely N-dealkylation sites (N-methyl/N-ethyl adjacent to an activating group) is 1. The monoisotopic (exact) mass is 381 g/mol. The number of aromatic nitrogens is 2. The van der Waals surface area contributed by atoms with Crippen LogP contribution < -0.4 is 5.32 Å². The number of anilines is 1. The highest BCUT2D eigenvalue weighted by atomic mass is 19.1. The predicted octanol–water partition coefficient (Wildman–Crippen LogP) is 2.48. The molecule has 4 rings (SSSR count). The SMILES string of the molecule is CN1CCN(CC(=O)Nc2ccc3nc(Cc4ccc(F)cc4)[nH]c3c2)CC1. The Morgan fingerprint density at radius 2 is 1.89 bits per heavy atom. The molecule has 0 bridgehead atoms. The largest absolute Gasteiger partial charge is 0.342 e. The third kappa shape index (κ3) is 4.55. The first kappa shape index (κ1) is 18.6. The van der Waals surface area contributed by atoms with Crippen molar-refractivity contribution in [1.29, 1.82) is 0 Å². The van der Waals surface area contributed by atoms with Gasteiger partial charge in [-0.1, -0.05) is 12.1 Å². The first-order chi connectivity index (χ1) is 13.5. The highest BCUT2D eigenvalue weighted by Crippen LogP contribution is 2.19. The highest BCUT2D eigenvalue weighted by molar-refractivity contribution is 5.94. The fourth-order valence-corrected chi connectivity index (χ4v) is 3.43. The first-order valence-corrected chi connectivity index (χ1v) is 9.49. The molecule has 1 aromatic heterocycles. The number of halogens is 1. The molecule has 28 heavy (non-hydrogen) atoms. The number of carbonyl (C=O) groups excluding carboxylic acids is 1. The Bertz CT molecular complexity index is 961. The van der Waals surface area contributed by atoms with Crippen molar-refractivity contribution in [3.8, 4) is 0 Å². The van der Waals surface area contributed by atoms with Gasteiger partial charge < -0.3 is 15.2 Å². The molecule has 1 saturated heterocycles. The number of imidazole rings is 1. The molecule has 0 atom stereocenters. The zero-order valence-corrected chi connectivity index (χ0v) is 15.9. The summed E-state index contributed by atoms with van der Waals surface area (Å²) in [5.41, 5.74) is 3.45. The van der Waals surface area contributed by atoms with Crippen molar-refractivity contribution in [2.24, 2.45) is 0 Å². The Hall–Kier alpha value is -2.77. The van der Waals surface area contributed by atoms with Crippen LogP contribution in [0.25, 0.3) is 11.0 Å². The molecule has 0 spiro atoms. The molecule has 1 aliphatic heterocycles. The van der Waals surface area contributed by atoms with Crippen LogP contribution in [-0.4, -0.2) is 65.4 Å². The Morgan fingerprint density at radius 3 is 2.64 bits per heavy atom. The minimum absolute atomic E-state index is 0.00467. The molecule has 7 heteroatoms. The number of hydrogen-bond acceptors (Lipinski definition) is 4. The van der Waals surface area contributed by atoms with Crippen LogP contribution in [0.3, 0.4) is 0 Å². The van der Waals surface area contributed by atoms with E-state index >= 15 is 0 Å². The molecule has 6 nitrogen and oxygen atoms in total. The molecular weight excluding hydrogens is 357 g/mol. The van der Waals surface area contributed by atoms with Crippen LogP contribution in [0.2, 0.25) is 0 Å². The quantitative estimate of drug-likeness (QED) is 0.713. The number of nitrogens with zero attached hydrogens (tertiary/aromatic N) is 3. The molecule has 2 heterocycles. The van der Waals surface area contributed by atoms with E-state index in [0.717, 1.165) is 54.3 Å². The van der Waals surface area contributed by atoms with Gasteiger partial charge in [0.15, 0.2) is 0 Å². The fourth-order valence-electron chi connectivity index (χ4n) is 3.43.